The third kappa shape index (κ3) is 29.5. The van der Waals surface area contributed by atoms with Crippen molar-refractivity contribution in [3.8, 4) is 0 Å². The van der Waals surface area contributed by atoms with Gasteiger partial charge in [-0.3, -0.25) is 14.4 Å². The molecule has 8 heteroatoms. The number of allylic oxidation sites excluding steroid dienone is 10. The van der Waals surface area contributed by atoms with Gasteiger partial charge in [-0.2, -0.15) is 11.8 Å². The molecule has 1 atom stereocenters. The molecule has 0 aliphatic rings. The van der Waals surface area contributed by atoms with Gasteiger partial charge in [-0.05, 0) is 51.2 Å². The molecule has 2 amide bonds. The average molecular weight is 635 g/mol. The van der Waals surface area contributed by atoms with E-state index in [0.717, 1.165) is 44.3 Å². The SMILES string of the molecule is CC/C=C\C/C=C\C/C=C\C/C=C\C/C=C\CCCC(=O)OCC(C)(C)[C@@H](O)C(=O)NCCC(=O)NCCSC.CCCC. The summed E-state index contributed by atoms with van der Waals surface area (Å²) in [5, 5.41) is 15.7. The van der Waals surface area contributed by atoms with Gasteiger partial charge in [-0.15, -0.1) is 0 Å². The molecule has 0 bridgehead atoms. The van der Waals surface area contributed by atoms with Crippen LogP contribution in [-0.4, -0.2) is 60.7 Å². The number of ether oxygens (including phenoxy) is 1. The third-order valence-corrected chi connectivity index (χ3v) is 6.90. The van der Waals surface area contributed by atoms with E-state index < -0.39 is 17.4 Å². The Morgan fingerprint density at radius 3 is 1.80 bits per heavy atom. The molecular weight excluding hydrogens is 572 g/mol. The maximum atomic E-state index is 12.3. The van der Waals surface area contributed by atoms with E-state index in [1.807, 2.05) is 6.26 Å². The summed E-state index contributed by atoms with van der Waals surface area (Å²) in [7, 11) is 0. The number of unbranched alkanes of at least 4 members (excludes halogenated alkanes) is 2. The van der Waals surface area contributed by atoms with E-state index in [0.29, 0.717) is 13.0 Å². The number of hydrogen-bond donors (Lipinski definition) is 3. The number of aliphatic hydroxyl groups is 1. The first kappa shape index (κ1) is 43.5. The predicted octanol–water partition coefficient (Wildman–Crippen LogP) is 7.63. The minimum Gasteiger partial charge on any atom is -0.465 e. The number of carbonyl (C=O) groups excluding carboxylic acids is 3. The summed E-state index contributed by atoms with van der Waals surface area (Å²) >= 11 is 1.64. The number of nitrogens with one attached hydrogen (secondary N) is 2. The first-order valence-electron chi connectivity index (χ1n) is 16.3. The molecule has 0 unspecified atom stereocenters. The molecule has 0 aliphatic carbocycles. The molecule has 0 heterocycles. The van der Waals surface area contributed by atoms with Crippen molar-refractivity contribution in [2.75, 3.05) is 31.7 Å². The van der Waals surface area contributed by atoms with E-state index in [2.05, 4.69) is 92.2 Å². The minimum absolute atomic E-state index is 0.0722. The second kappa shape index (κ2) is 31.8. The first-order chi connectivity index (χ1) is 21.2. The van der Waals surface area contributed by atoms with E-state index in [-0.39, 0.29) is 37.9 Å². The zero-order chi connectivity index (χ0) is 33.3. The van der Waals surface area contributed by atoms with Crippen LogP contribution in [0.4, 0.5) is 0 Å². The van der Waals surface area contributed by atoms with Crippen molar-refractivity contribution in [3.05, 3.63) is 60.8 Å². The van der Waals surface area contributed by atoms with E-state index in [9.17, 15) is 19.5 Å². The largest absolute Gasteiger partial charge is 0.465 e. The van der Waals surface area contributed by atoms with Crippen molar-refractivity contribution in [1.82, 2.24) is 10.6 Å². The number of carbonyl (C=O) groups is 3. The van der Waals surface area contributed by atoms with E-state index in [1.165, 1.54) is 12.8 Å². The molecule has 3 N–H and O–H groups in total. The zero-order valence-electron chi connectivity index (χ0n) is 28.4. The molecule has 0 aromatic heterocycles. The van der Waals surface area contributed by atoms with Gasteiger partial charge in [0.05, 0.1) is 6.61 Å². The second-order valence-electron chi connectivity index (χ2n) is 11.0. The summed E-state index contributed by atoms with van der Waals surface area (Å²) in [6.07, 6.45) is 31.4. The number of amides is 2. The number of thioether (sulfide) groups is 1. The standard InChI is InChI=1S/C32H52N2O5S.C4H10/c1-5-6-7-8-9-10-11-12-13-14-15-16-17-18-19-20-21-22-29(36)39-27-32(2,3)30(37)31(38)34-24-23-28(35)33-25-26-40-4;1-3-4-2/h6-7,9-10,12-13,15-16,18-19,30,37H,5,8,11,14,17,20-27H2,1-4H3,(H,33,35)(H,34,38);3-4H2,1-2H3/b7-6-,10-9-,13-12-,16-15-,19-18-;/t30-;/m0./s1. The van der Waals surface area contributed by atoms with Crippen molar-refractivity contribution in [3.63, 3.8) is 0 Å². The lowest BCUT2D eigenvalue weighted by Crippen LogP contribution is -2.47. The lowest BCUT2D eigenvalue weighted by molar-refractivity contribution is -0.153. The quantitative estimate of drug-likeness (QED) is 0.0573. The van der Waals surface area contributed by atoms with Crippen LogP contribution < -0.4 is 10.6 Å². The minimum atomic E-state index is -1.36. The van der Waals surface area contributed by atoms with Crippen LogP contribution in [0.2, 0.25) is 0 Å². The van der Waals surface area contributed by atoms with Gasteiger partial charge >= 0.3 is 5.97 Å². The van der Waals surface area contributed by atoms with Crippen LogP contribution in [0.5, 0.6) is 0 Å². The van der Waals surface area contributed by atoms with E-state index in [4.69, 9.17) is 4.74 Å². The highest BCUT2D eigenvalue weighted by molar-refractivity contribution is 7.98. The van der Waals surface area contributed by atoms with Gasteiger partial charge in [0, 0.05) is 37.1 Å². The normalized spacial score (nSPS) is 12.7. The summed E-state index contributed by atoms with van der Waals surface area (Å²) in [5.74, 6) is -0.263. The number of aliphatic hydroxyl groups excluding tert-OH is 1. The predicted molar refractivity (Wildman–Crippen MR) is 189 cm³/mol. The maximum Gasteiger partial charge on any atom is 0.305 e. The number of rotatable bonds is 24. The molecule has 0 radical (unpaired) electrons. The van der Waals surface area contributed by atoms with Crippen LogP contribution in [0.15, 0.2) is 60.8 Å². The number of hydrogen-bond acceptors (Lipinski definition) is 6. The first-order valence-corrected chi connectivity index (χ1v) is 17.7. The summed E-state index contributed by atoms with van der Waals surface area (Å²) in [6, 6.07) is 0. The molecule has 0 rings (SSSR count). The lowest BCUT2D eigenvalue weighted by Gasteiger charge is -2.29. The smallest absolute Gasteiger partial charge is 0.305 e. The van der Waals surface area contributed by atoms with Crippen LogP contribution in [-0.2, 0) is 19.1 Å². The summed E-state index contributed by atoms with van der Waals surface area (Å²) < 4.78 is 5.31. The summed E-state index contributed by atoms with van der Waals surface area (Å²) in [6.45, 7) is 10.5. The Morgan fingerprint density at radius 2 is 1.30 bits per heavy atom. The maximum absolute atomic E-state index is 12.3. The molecule has 0 aromatic carbocycles. The highest BCUT2D eigenvalue weighted by atomic mass is 32.2. The highest BCUT2D eigenvalue weighted by Crippen LogP contribution is 2.22. The third-order valence-electron chi connectivity index (χ3n) is 6.28. The Balaban J connectivity index is 0. The fourth-order valence-electron chi connectivity index (χ4n) is 3.28. The van der Waals surface area contributed by atoms with Crippen LogP contribution in [0, 0.1) is 5.41 Å². The Morgan fingerprint density at radius 1 is 0.773 bits per heavy atom. The second-order valence-corrected chi connectivity index (χ2v) is 12.0. The molecule has 0 aromatic rings. The van der Waals surface area contributed by atoms with E-state index in [1.54, 1.807) is 25.6 Å². The van der Waals surface area contributed by atoms with Gasteiger partial charge in [0.2, 0.25) is 11.8 Å². The molecule has 0 aliphatic heterocycles. The molecule has 44 heavy (non-hydrogen) atoms. The van der Waals surface area contributed by atoms with Crippen LogP contribution in [0.3, 0.4) is 0 Å². The summed E-state index contributed by atoms with van der Waals surface area (Å²) in [4.78, 5) is 36.1. The van der Waals surface area contributed by atoms with Gasteiger partial charge in [0.25, 0.3) is 0 Å². The van der Waals surface area contributed by atoms with E-state index >= 15 is 0 Å². The highest BCUT2D eigenvalue weighted by Gasteiger charge is 2.34. The monoisotopic (exact) mass is 634 g/mol. The molecule has 0 saturated carbocycles. The van der Waals surface area contributed by atoms with Crippen molar-refractivity contribution in [2.24, 2.45) is 5.41 Å². The molecule has 7 nitrogen and oxygen atoms in total. The molecule has 252 valence electrons. The lowest BCUT2D eigenvalue weighted by atomic mass is 9.87. The van der Waals surface area contributed by atoms with Crippen molar-refractivity contribution in [2.45, 2.75) is 111 Å². The average Bonchev–Trinajstić information content (AvgIpc) is 3.01. The summed E-state index contributed by atoms with van der Waals surface area (Å²) in [5.41, 5.74) is -0.954. The van der Waals surface area contributed by atoms with Gasteiger partial charge in [0.15, 0.2) is 0 Å². The van der Waals surface area contributed by atoms with Crippen molar-refractivity contribution < 1.29 is 24.2 Å². The fraction of sp³-hybridized carbons (Fsp3) is 0.639. The van der Waals surface area contributed by atoms with Crippen molar-refractivity contribution in [1.29, 1.82) is 0 Å². The van der Waals surface area contributed by atoms with Gasteiger partial charge < -0.3 is 20.5 Å². The fourth-order valence-corrected chi connectivity index (χ4v) is 3.59. The molecule has 0 saturated heterocycles. The van der Waals surface area contributed by atoms with Crippen molar-refractivity contribution >= 4 is 29.5 Å². The topological polar surface area (TPSA) is 105 Å². The van der Waals surface area contributed by atoms with Gasteiger partial charge in [-0.25, -0.2) is 0 Å². The molecule has 0 spiro atoms. The van der Waals surface area contributed by atoms with Gasteiger partial charge in [0.1, 0.15) is 6.10 Å². The van der Waals surface area contributed by atoms with Crippen LogP contribution in [0.1, 0.15) is 105 Å². The Bertz CT molecular complexity index is 876. The van der Waals surface area contributed by atoms with Crippen LogP contribution in [0.25, 0.3) is 0 Å². The number of esters is 1. The zero-order valence-corrected chi connectivity index (χ0v) is 29.3. The van der Waals surface area contributed by atoms with Gasteiger partial charge in [-0.1, -0.05) is 108 Å². The Kier molecular flexibility index (Phi) is 31.5. The molecular formula is C36H62N2O5S. The Labute approximate surface area is 273 Å². The molecule has 0 fully saturated rings. The van der Waals surface area contributed by atoms with Crippen LogP contribution >= 0.6 is 11.8 Å². The Hall–Kier alpha value is -2.58.